The Kier molecular flexibility index (Phi) is 11.7. The molecule has 1 fully saturated rings. The summed E-state index contributed by atoms with van der Waals surface area (Å²) >= 11 is 0. The average molecular weight is 475 g/mol. The molecule has 1 aromatic rings. The third kappa shape index (κ3) is 8.12. The van der Waals surface area contributed by atoms with Gasteiger partial charge in [-0.15, -0.1) is 24.0 Å². The lowest BCUT2D eigenvalue weighted by molar-refractivity contribution is 0.157. The van der Waals surface area contributed by atoms with E-state index < -0.39 is 0 Å². The molecule has 0 amide bonds. The molecule has 26 heavy (non-hydrogen) atoms. The smallest absolute Gasteiger partial charge is 0.193 e. The van der Waals surface area contributed by atoms with Crippen molar-refractivity contribution in [2.75, 3.05) is 46.5 Å². The van der Waals surface area contributed by atoms with Crippen LogP contribution in [0, 0.1) is 12.8 Å². The minimum Gasteiger partial charge on any atom is -0.494 e. The molecule has 0 aromatic heterocycles. The molecule has 0 aliphatic carbocycles. The highest BCUT2D eigenvalue weighted by atomic mass is 127. The van der Waals surface area contributed by atoms with E-state index >= 15 is 0 Å². The van der Waals surface area contributed by atoms with Gasteiger partial charge >= 0.3 is 0 Å². The second kappa shape index (κ2) is 13.2. The summed E-state index contributed by atoms with van der Waals surface area (Å²) in [6, 6.07) is 8.21. The molecule has 1 N–H and O–H groups in total. The summed E-state index contributed by atoms with van der Waals surface area (Å²) in [7, 11) is 1.78. The number of hydrogen-bond acceptors (Lipinski definition) is 3. The van der Waals surface area contributed by atoms with Gasteiger partial charge in [-0.25, -0.2) is 0 Å². The molecule has 6 heteroatoms. The third-order valence-corrected chi connectivity index (χ3v) is 4.43. The van der Waals surface area contributed by atoms with Crippen LogP contribution in [-0.4, -0.2) is 57.4 Å². The number of likely N-dealkylation sites (tertiary alicyclic amines) is 1. The van der Waals surface area contributed by atoms with Crippen molar-refractivity contribution in [2.45, 2.75) is 33.1 Å². The van der Waals surface area contributed by atoms with Crippen molar-refractivity contribution in [3.63, 3.8) is 0 Å². The first-order valence-corrected chi connectivity index (χ1v) is 9.44. The summed E-state index contributed by atoms with van der Waals surface area (Å²) in [5, 5.41) is 3.41. The fourth-order valence-electron chi connectivity index (χ4n) is 3.05. The first-order valence-electron chi connectivity index (χ1n) is 9.44. The van der Waals surface area contributed by atoms with Crippen LogP contribution < -0.4 is 10.1 Å². The summed E-state index contributed by atoms with van der Waals surface area (Å²) in [6.07, 6.45) is 3.24. The van der Waals surface area contributed by atoms with E-state index in [9.17, 15) is 0 Å². The van der Waals surface area contributed by atoms with E-state index in [1.807, 2.05) is 12.1 Å². The minimum atomic E-state index is 0. The van der Waals surface area contributed by atoms with E-state index in [0.29, 0.717) is 5.92 Å². The molecule has 1 heterocycles. The Morgan fingerprint density at radius 1 is 1.27 bits per heavy atom. The van der Waals surface area contributed by atoms with E-state index in [1.54, 1.807) is 7.11 Å². The van der Waals surface area contributed by atoms with Gasteiger partial charge < -0.3 is 19.7 Å². The van der Waals surface area contributed by atoms with Crippen LogP contribution >= 0.6 is 24.0 Å². The fraction of sp³-hybridized carbons (Fsp3) is 0.650. The summed E-state index contributed by atoms with van der Waals surface area (Å²) in [4.78, 5) is 7.14. The molecule has 1 saturated heterocycles. The standard InChI is InChI=1S/C20H33N3O2.HI/c1-4-21-20(23-13-11-18(15-23)16-24-3)22-12-5-6-14-25-19-9-7-17(2)8-10-19;/h7-10,18H,4-6,11-16H2,1-3H3,(H,21,22);1H. The summed E-state index contributed by atoms with van der Waals surface area (Å²) in [6.45, 7) is 9.63. The van der Waals surface area contributed by atoms with Gasteiger partial charge in [0.25, 0.3) is 0 Å². The van der Waals surface area contributed by atoms with Gasteiger partial charge in [-0.1, -0.05) is 17.7 Å². The van der Waals surface area contributed by atoms with Crippen LogP contribution in [0.3, 0.4) is 0 Å². The predicted octanol–water partition coefficient (Wildman–Crippen LogP) is 3.71. The molecule has 5 nitrogen and oxygen atoms in total. The SMILES string of the molecule is CCNC(=NCCCCOc1ccc(C)cc1)N1CCC(COC)C1.I. The lowest BCUT2D eigenvalue weighted by Crippen LogP contribution is -2.40. The maximum absolute atomic E-state index is 5.77. The molecule has 0 saturated carbocycles. The molecule has 2 rings (SSSR count). The molecular weight excluding hydrogens is 441 g/mol. The van der Waals surface area contributed by atoms with Gasteiger partial charge in [0.1, 0.15) is 5.75 Å². The predicted molar refractivity (Wildman–Crippen MR) is 119 cm³/mol. The molecule has 0 bridgehead atoms. The van der Waals surface area contributed by atoms with Gasteiger partial charge in [0, 0.05) is 39.2 Å². The molecule has 1 atom stereocenters. The normalized spacial score (nSPS) is 17.1. The Morgan fingerprint density at radius 2 is 2.04 bits per heavy atom. The van der Waals surface area contributed by atoms with E-state index in [-0.39, 0.29) is 24.0 Å². The van der Waals surface area contributed by atoms with Gasteiger partial charge in [-0.2, -0.15) is 0 Å². The maximum Gasteiger partial charge on any atom is 0.193 e. The van der Waals surface area contributed by atoms with Crippen LogP contribution in [0.5, 0.6) is 5.75 Å². The number of methoxy groups -OCH3 is 1. The molecule has 148 valence electrons. The largest absolute Gasteiger partial charge is 0.494 e. The second-order valence-corrected chi connectivity index (χ2v) is 6.66. The zero-order valence-corrected chi connectivity index (χ0v) is 18.7. The number of guanidine groups is 1. The van der Waals surface area contributed by atoms with Crippen LogP contribution in [0.1, 0.15) is 31.7 Å². The molecule has 1 aliphatic rings. The Morgan fingerprint density at radius 3 is 2.73 bits per heavy atom. The van der Waals surface area contributed by atoms with Crippen molar-refractivity contribution >= 4 is 29.9 Å². The molecule has 1 unspecified atom stereocenters. The summed E-state index contributed by atoms with van der Waals surface area (Å²) in [5.74, 6) is 2.61. The Hall–Kier alpha value is -1.02. The summed E-state index contributed by atoms with van der Waals surface area (Å²) < 4.78 is 11.0. The van der Waals surface area contributed by atoms with E-state index in [2.05, 4.69) is 36.2 Å². The van der Waals surface area contributed by atoms with Crippen molar-refractivity contribution in [1.82, 2.24) is 10.2 Å². The van der Waals surface area contributed by atoms with E-state index in [0.717, 1.165) is 63.9 Å². The molecular formula is C20H34IN3O2. The molecule has 1 aliphatic heterocycles. The monoisotopic (exact) mass is 475 g/mol. The Bertz CT molecular complexity index is 522. The van der Waals surface area contributed by atoms with Crippen molar-refractivity contribution in [2.24, 2.45) is 10.9 Å². The molecule has 0 radical (unpaired) electrons. The van der Waals surface area contributed by atoms with Crippen molar-refractivity contribution in [3.8, 4) is 5.75 Å². The van der Waals surface area contributed by atoms with E-state index in [1.165, 1.54) is 12.0 Å². The number of aryl methyl sites for hydroxylation is 1. The van der Waals surface area contributed by atoms with Crippen LogP contribution in [0.2, 0.25) is 0 Å². The Labute approximate surface area is 175 Å². The zero-order chi connectivity index (χ0) is 17.9. The van der Waals surface area contributed by atoms with Gasteiger partial charge in [0.15, 0.2) is 5.96 Å². The van der Waals surface area contributed by atoms with Gasteiger partial charge in [-0.05, 0) is 45.2 Å². The lowest BCUT2D eigenvalue weighted by Gasteiger charge is -2.21. The second-order valence-electron chi connectivity index (χ2n) is 6.66. The number of hydrogen-bond donors (Lipinski definition) is 1. The molecule has 1 aromatic carbocycles. The highest BCUT2D eigenvalue weighted by molar-refractivity contribution is 14.0. The lowest BCUT2D eigenvalue weighted by atomic mass is 10.1. The van der Waals surface area contributed by atoms with Crippen LogP contribution in [-0.2, 0) is 4.74 Å². The number of unbranched alkanes of at least 4 members (excludes halogenated alkanes) is 1. The van der Waals surface area contributed by atoms with E-state index in [4.69, 9.17) is 14.5 Å². The van der Waals surface area contributed by atoms with Crippen LogP contribution in [0.25, 0.3) is 0 Å². The van der Waals surface area contributed by atoms with Gasteiger partial charge in [0.05, 0.1) is 13.2 Å². The highest BCUT2D eigenvalue weighted by Gasteiger charge is 2.24. The number of nitrogens with zero attached hydrogens (tertiary/aromatic N) is 2. The average Bonchev–Trinajstić information content (AvgIpc) is 3.07. The van der Waals surface area contributed by atoms with Crippen molar-refractivity contribution in [1.29, 1.82) is 0 Å². The third-order valence-electron chi connectivity index (χ3n) is 4.43. The quantitative estimate of drug-likeness (QED) is 0.256. The highest BCUT2D eigenvalue weighted by Crippen LogP contribution is 2.16. The first kappa shape index (κ1) is 23.0. The maximum atomic E-state index is 5.77. The number of rotatable bonds is 9. The summed E-state index contributed by atoms with van der Waals surface area (Å²) in [5.41, 5.74) is 1.26. The fourth-order valence-corrected chi connectivity index (χ4v) is 3.05. The number of halogens is 1. The number of benzene rings is 1. The van der Waals surface area contributed by atoms with Gasteiger partial charge in [0.2, 0.25) is 0 Å². The van der Waals surface area contributed by atoms with Crippen molar-refractivity contribution < 1.29 is 9.47 Å². The van der Waals surface area contributed by atoms with Crippen LogP contribution in [0.15, 0.2) is 29.3 Å². The molecule has 0 spiro atoms. The first-order chi connectivity index (χ1) is 12.2. The Balaban J connectivity index is 0.00000338. The number of aliphatic imine (C=N–C) groups is 1. The van der Waals surface area contributed by atoms with Crippen LogP contribution in [0.4, 0.5) is 0 Å². The van der Waals surface area contributed by atoms with Gasteiger partial charge in [-0.3, -0.25) is 4.99 Å². The number of nitrogens with one attached hydrogen (secondary N) is 1. The van der Waals surface area contributed by atoms with Crippen molar-refractivity contribution in [3.05, 3.63) is 29.8 Å². The number of ether oxygens (including phenoxy) is 2. The minimum absolute atomic E-state index is 0. The topological polar surface area (TPSA) is 46.1 Å². The zero-order valence-electron chi connectivity index (χ0n) is 16.4.